The number of nitrogens with one attached hydrogen (secondary N) is 1. The number of hydrogen-bond acceptors (Lipinski definition) is 2. The van der Waals surface area contributed by atoms with Gasteiger partial charge in [-0.05, 0) is 36.8 Å². The summed E-state index contributed by atoms with van der Waals surface area (Å²) in [5.41, 5.74) is 5.35. The number of rotatable bonds is 3. The molecule has 2 aromatic carbocycles. The smallest absolute Gasteiger partial charge is 0.254 e. The van der Waals surface area contributed by atoms with E-state index in [-0.39, 0.29) is 6.04 Å². The molecule has 3 nitrogen and oxygen atoms in total. The lowest BCUT2D eigenvalue weighted by Crippen LogP contribution is -2.27. The van der Waals surface area contributed by atoms with Crippen LogP contribution in [0.15, 0.2) is 40.9 Å². The molecule has 1 atom stereocenters. The first-order valence-electron chi connectivity index (χ1n) is 6.19. The number of carbonyl (C=O) groups is 1. The normalized spacial score (nSPS) is 12.0. The highest BCUT2D eigenvalue weighted by atomic mass is 79.9. The summed E-state index contributed by atoms with van der Waals surface area (Å²) in [6.07, 6.45) is 0. The maximum atomic E-state index is 13.8. The molecule has 0 aliphatic carbocycles. The maximum absolute atomic E-state index is 13.8. The Hall–Kier alpha value is -1.95. The van der Waals surface area contributed by atoms with Crippen molar-refractivity contribution < 1.29 is 13.6 Å². The second kappa shape index (κ2) is 6.22. The molecular weight excluding hydrogens is 342 g/mol. The van der Waals surface area contributed by atoms with Gasteiger partial charge in [0.25, 0.3) is 5.91 Å². The lowest BCUT2D eigenvalue weighted by atomic mass is 10.1. The van der Waals surface area contributed by atoms with E-state index in [9.17, 15) is 13.6 Å². The second-order valence-electron chi connectivity index (χ2n) is 4.61. The standard InChI is InChI=1S/C15H13BrF2N2O/c1-8(9-3-2-4-10(16)5-9)20-15(21)12-6-11(17)7-13(19)14(12)18/h2-8H,19H2,1H3,(H,20,21). The van der Waals surface area contributed by atoms with Crippen molar-refractivity contribution in [3.8, 4) is 0 Å². The van der Waals surface area contributed by atoms with Crippen LogP contribution < -0.4 is 11.1 Å². The zero-order valence-electron chi connectivity index (χ0n) is 11.2. The summed E-state index contributed by atoms with van der Waals surface area (Å²) in [5.74, 6) is -2.39. The maximum Gasteiger partial charge on any atom is 0.254 e. The first-order valence-corrected chi connectivity index (χ1v) is 6.98. The third-order valence-electron chi connectivity index (χ3n) is 3.01. The van der Waals surface area contributed by atoms with E-state index >= 15 is 0 Å². The zero-order chi connectivity index (χ0) is 15.6. The molecule has 0 aromatic heterocycles. The molecule has 2 rings (SSSR count). The van der Waals surface area contributed by atoms with Gasteiger partial charge in [-0.1, -0.05) is 28.1 Å². The third kappa shape index (κ3) is 3.58. The summed E-state index contributed by atoms with van der Waals surface area (Å²) in [5, 5.41) is 2.61. The van der Waals surface area contributed by atoms with Crippen molar-refractivity contribution in [2.75, 3.05) is 5.73 Å². The van der Waals surface area contributed by atoms with Crippen LogP contribution in [0.1, 0.15) is 28.9 Å². The Morgan fingerprint density at radius 3 is 2.67 bits per heavy atom. The molecule has 0 fully saturated rings. The summed E-state index contributed by atoms with van der Waals surface area (Å²) in [7, 11) is 0. The number of nitrogen functional groups attached to an aromatic ring is 1. The molecule has 0 heterocycles. The van der Waals surface area contributed by atoms with Crippen LogP contribution in [0.25, 0.3) is 0 Å². The fraction of sp³-hybridized carbons (Fsp3) is 0.133. The van der Waals surface area contributed by atoms with Crippen molar-refractivity contribution >= 4 is 27.5 Å². The van der Waals surface area contributed by atoms with Crippen LogP contribution in [0.3, 0.4) is 0 Å². The Bertz CT molecular complexity index is 691. The Labute approximate surface area is 129 Å². The number of halogens is 3. The van der Waals surface area contributed by atoms with Gasteiger partial charge in [0.05, 0.1) is 17.3 Å². The van der Waals surface area contributed by atoms with E-state index in [0.29, 0.717) is 0 Å². The minimum absolute atomic E-state index is 0.362. The average molecular weight is 355 g/mol. The van der Waals surface area contributed by atoms with Gasteiger partial charge in [0.1, 0.15) is 5.82 Å². The SMILES string of the molecule is CC(NC(=O)c1cc(F)cc(N)c1F)c1cccc(Br)c1. The molecule has 1 amide bonds. The van der Waals surface area contributed by atoms with Gasteiger partial charge in [0, 0.05) is 4.47 Å². The number of carbonyl (C=O) groups excluding carboxylic acids is 1. The van der Waals surface area contributed by atoms with Gasteiger partial charge < -0.3 is 11.1 Å². The zero-order valence-corrected chi connectivity index (χ0v) is 12.7. The van der Waals surface area contributed by atoms with Crippen LogP contribution in [0.5, 0.6) is 0 Å². The highest BCUT2D eigenvalue weighted by Gasteiger charge is 2.18. The van der Waals surface area contributed by atoms with Gasteiger partial charge in [-0.3, -0.25) is 4.79 Å². The molecule has 3 N–H and O–H groups in total. The van der Waals surface area contributed by atoms with E-state index in [1.807, 2.05) is 24.3 Å². The van der Waals surface area contributed by atoms with Crippen LogP contribution in [0.4, 0.5) is 14.5 Å². The van der Waals surface area contributed by atoms with Gasteiger partial charge >= 0.3 is 0 Å². The van der Waals surface area contributed by atoms with Crippen molar-refractivity contribution in [2.24, 2.45) is 0 Å². The predicted molar refractivity (Wildman–Crippen MR) is 80.8 cm³/mol. The quantitative estimate of drug-likeness (QED) is 0.823. The molecule has 0 spiro atoms. The van der Waals surface area contributed by atoms with Gasteiger partial charge in [0.15, 0.2) is 5.82 Å². The Balaban J connectivity index is 2.22. The molecule has 0 saturated heterocycles. The van der Waals surface area contributed by atoms with Gasteiger partial charge in [-0.25, -0.2) is 8.78 Å². The molecular formula is C15H13BrF2N2O. The number of amides is 1. The van der Waals surface area contributed by atoms with Crippen molar-refractivity contribution in [1.29, 1.82) is 0 Å². The molecule has 2 aromatic rings. The van der Waals surface area contributed by atoms with Crippen LogP contribution >= 0.6 is 15.9 Å². The summed E-state index contributed by atoms with van der Waals surface area (Å²) >= 11 is 3.33. The summed E-state index contributed by atoms with van der Waals surface area (Å²) < 4.78 is 27.9. The van der Waals surface area contributed by atoms with Crippen molar-refractivity contribution in [2.45, 2.75) is 13.0 Å². The fourth-order valence-electron chi connectivity index (χ4n) is 1.91. The van der Waals surface area contributed by atoms with E-state index < -0.39 is 28.8 Å². The first-order chi connectivity index (χ1) is 9.88. The van der Waals surface area contributed by atoms with E-state index in [4.69, 9.17) is 5.73 Å². The number of anilines is 1. The van der Waals surface area contributed by atoms with Crippen LogP contribution in [0, 0.1) is 11.6 Å². The lowest BCUT2D eigenvalue weighted by Gasteiger charge is -2.15. The molecule has 0 aliphatic heterocycles. The minimum atomic E-state index is -0.921. The van der Waals surface area contributed by atoms with E-state index in [2.05, 4.69) is 21.2 Å². The average Bonchev–Trinajstić information content (AvgIpc) is 2.42. The summed E-state index contributed by atoms with van der Waals surface area (Å²) in [4.78, 5) is 12.1. The minimum Gasteiger partial charge on any atom is -0.396 e. The van der Waals surface area contributed by atoms with Gasteiger partial charge in [-0.15, -0.1) is 0 Å². The number of nitrogens with two attached hydrogens (primary N) is 1. The lowest BCUT2D eigenvalue weighted by molar-refractivity contribution is 0.0935. The molecule has 6 heteroatoms. The Kier molecular flexibility index (Phi) is 4.57. The Morgan fingerprint density at radius 2 is 2.00 bits per heavy atom. The van der Waals surface area contributed by atoms with E-state index in [0.717, 1.165) is 22.2 Å². The van der Waals surface area contributed by atoms with Gasteiger partial charge in [-0.2, -0.15) is 0 Å². The molecule has 0 radical (unpaired) electrons. The van der Waals surface area contributed by atoms with Crippen molar-refractivity contribution in [1.82, 2.24) is 5.32 Å². The van der Waals surface area contributed by atoms with E-state index in [1.54, 1.807) is 6.92 Å². The third-order valence-corrected chi connectivity index (χ3v) is 3.50. The van der Waals surface area contributed by atoms with Crippen LogP contribution in [-0.4, -0.2) is 5.91 Å². The summed E-state index contributed by atoms with van der Waals surface area (Å²) in [6, 6.07) is 8.64. The monoisotopic (exact) mass is 354 g/mol. The highest BCUT2D eigenvalue weighted by molar-refractivity contribution is 9.10. The largest absolute Gasteiger partial charge is 0.396 e. The molecule has 0 bridgehead atoms. The number of hydrogen-bond donors (Lipinski definition) is 2. The molecule has 110 valence electrons. The van der Waals surface area contributed by atoms with Gasteiger partial charge in [0.2, 0.25) is 0 Å². The first kappa shape index (κ1) is 15.4. The van der Waals surface area contributed by atoms with Crippen molar-refractivity contribution in [3.63, 3.8) is 0 Å². The predicted octanol–water partition coefficient (Wildman–Crippen LogP) is 3.80. The van der Waals surface area contributed by atoms with E-state index in [1.165, 1.54) is 0 Å². The molecule has 21 heavy (non-hydrogen) atoms. The Morgan fingerprint density at radius 1 is 1.29 bits per heavy atom. The highest BCUT2D eigenvalue weighted by Crippen LogP contribution is 2.21. The molecule has 1 unspecified atom stereocenters. The molecule has 0 aliphatic rings. The van der Waals surface area contributed by atoms with Crippen LogP contribution in [0.2, 0.25) is 0 Å². The topological polar surface area (TPSA) is 55.1 Å². The summed E-state index contributed by atoms with van der Waals surface area (Å²) in [6.45, 7) is 1.75. The fourth-order valence-corrected chi connectivity index (χ4v) is 2.33. The van der Waals surface area contributed by atoms with Crippen LogP contribution in [-0.2, 0) is 0 Å². The molecule has 0 saturated carbocycles. The second-order valence-corrected chi connectivity index (χ2v) is 5.52. The van der Waals surface area contributed by atoms with Crippen molar-refractivity contribution in [3.05, 3.63) is 63.6 Å². The number of benzene rings is 2.